The van der Waals surface area contributed by atoms with Gasteiger partial charge in [0.2, 0.25) is 0 Å². The van der Waals surface area contributed by atoms with Gasteiger partial charge in [-0.2, -0.15) is 5.10 Å². The van der Waals surface area contributed by atoms with Crippen LogP contribution in [0.1, 0.15) is 12.5 Å². The molecule has 0 aliphatic rings. The second-order valence-electron chi connectivity index (χ2n) is 2.60. The standard InChI is InChI=1S/C9H12N2OS/c1-6(11-10)7-3-4-9(13)8(5-7)12-2/h3-5,13H,10H2,1-2H3/b11-6+. The molecule has 0 saturated heterocycles. The fourth-order valence-electron chi connectivity index (χ4n) is 0.977. The third-order valence-corrected chi connectivity index (χ3v) is 2.16. The first kappa shape index (κ1) is 9.92. The second kappa shape index (κ2) is 4.18. The van der Waals surface area contributed by atoms with E-state index in [2.05, 4.69) is 17.7 Å². The van der Waals surface area contributed by atoms with E-state index in [4.69, 9.17) is 10.6 Å². The zero-order valence-electron chi connectivity index (χ0n) is 7.61. The maximum Gasteiger partial charge on any atom is 0.132 e. The molecule has 0 aliphatic heterocycles. The lowest BCUT2D eigenvalue weighted by Crippen LogP contribution is -1.99. The van der Waals surface area contributed by atoms with Crippen LogP contribution in [0, 0.1) is 0 Å². The van der Waals surface area contributed by atoms with Crippen molar-refractivity contribution < 1.29 is 4.74 Å². The summed E-state index contributed by atoms with van der Waals surface area (Å²) >= 11 is 4.23. The summed E-state index contributed by atoms with van der Waals surface area (Å²) in [4.78, 5) is 0.802. The van der Waals surface area contributed by atoms with Crippen molar-refractivity contribution in [1.82, 2.24) is 0 Å². The van der Waals surface area contributed by atoms with Gasteiger partial charge in [-0.05, 0) is 19.1 Å². The van der Waals surface area contributed by atoms with Gasteiger partial charge in [-0.25, -0.2) is 0 Å². The van der Waals surface area contributed by atoms with Gasteiger partial charge in [-0.3, -0.25) is 0 Å². The molecule has 4 heteroatoms. The molecule has 0 heterocycles. The summed E-state index contributed by atoms with van der Waals surface area (Å²) in [5, 5.41) is 3.60. The Labute approximate surface area is 83.0 Å². The van der Waals surface area contributed by atoms with E-state index in [1.807, 2.05) is 25.1 Å². The first-order valence-corrected chi connectivity index (χ1v) is 4.25. The molecule has 1 aromatic carbocycles. The summed E-state index contributed by atoms with van der Waals surface area (Å²) in [7, 11) is 1.60. The number of ether oxygens (including phenoxy) is 1. The van der Waals surface area contributed by atoms with Gasteiger partial charge in [0.15, 0.2) is 0 Å². The monoisotopic (exact) mass is 196 g/mol. The number of thiol groups is 1. The summed E-state index contributed by atoms with van der Waals surface area (Å²) < 4.78 is 5.11. The van der Waals surface area contributed by atoms with Crippen LogP contribution in [-0.4, -0.2) is 12.8 Å². The lowest BCUT2D eigenvalue weighted by molar-refractivity contribution is 0.405. The van der Waals surface area contributed by atoms with E-state index in [9.17, 15) is 0 Å². The molecule has 0 unspecified atom stereocenters. The molecule has 0 fully saturated rings. The Morgan fingerprint density at radius 2 is 2.23 bits per heavy atom. The molecule has 0 aromatic heterocycles. The molecule has 0 radical (unpaired) electrons. The van der Waals surface area contributed by atoms with Crippen molar-refractivity contribution in [3.63, 3.8) is 0 Å². The van der Waals surface area contributed by atoms with Crippen LogP contribution in [0.3, 0.4) is 0 Å². The Balaban J connectivity index is 3.13. The van der Waals surface area contributed by atoms with E-state index in [1.54, 1.807) is 7.11 Å². The van der Waals surface area contributed by atoms with Crippen LogP contribution < -0.4 is 10.6 Å². The van der Waals surface area contributed by atoms with Crippen LogP contribution in [-0.2, 0) is 0 Å². The molecule has 1 aromatic rings. The zero-order chi connectivity index (χ0) is 9.84. The minimum absolute atomic E-state index is 0.726. The van der Waals surface area contributed by atoms with Gasteiger partial charge in [0.25, 0.3) is 0 Å². The molecule has 0 amide bonds. The molecule has 0 bridgehead atoms. The molecule has 2 N–H and O–H groups in total. The van der Waals surface area contributed by atoms with Crippen molar-refractivity contribution in [2.75, 3.05) is 7.11 Å². The van der Waals surface area contributed by atoms with Gasteiger partial charge >= 0.3 is 0 Å². The summed E-state index contributed by atoms with van der Waals surface area (Å²) in [5.74, 6) is 5.89. The molecule has 0 aliphatic carbocycles. The highest BCUT2D eigenvalue weighted by molar-refractivity contribution is 7.80. The smallest absolute Gasteiger partial charge is 0.132 e. The fourth-order valence-corrected chi connectivity index (χ4v) is 1.21. The Morgan fingerprint density at radius 1 is 1.54 bits per heavy atom. The van der Waals surface area contributed by atoms with Gasteiger partial charge in [-0.15, -0.1) is 12.6 Å². The van der Waals surface area contributed by atoms with Crippen molar-refractivity contribution in [1.29, 1.82) is 0 Å². The molecular formula is C9H12N2OS. The van der Waals surface area contributed by atoms with E-state index in [0.717, 1.165) is 21.9 Å². The first-order chi connectivity index (χ1) is 6.19. The number of hydrogen-bond acceptors (Lipinski definition) is 4. The lowest BCUT2D eigenvalue weighted by atomic mass is 10.1. The number of hydrazone groups is 1. The molecule has 1 rings (SSSR count). The molecule has 13 heavy (non-hydrogen) atoms. The average molecular weight is 196 g/mol. The summed E-state index contributed by atoms with van der Waals surface area (Å²) in [6, 6.07) is 5.61. The second-order valence-corrected chi connectivity index (χ2v) is 3.08. The molecule has 70 valence electrons. The maximum absolute atomic E-state index is 5.16. The minimum atomic E-state index is 0.726. The van der Waals surface area contributed by atoms with Gasteiger partial charge in [-0.1, -0.05) is 6.07 Å². The Kier molecular flexibility index (Phi) is 3.19. The van der Waals surface area contributed by atoms with Crippen LogP contribution in [0.2, 0.25) is 0 Å². The Hall–Kier alpha value is -1.16. The predicted octanol–water partition coefficient (Wildman–Crippen LogP) is 1.67. The molecule has 3 nitrogen and oxygen atoms in total. The highest BCUT2D eigenvalue weighted by atomic mass is 32.1. The number of nitrogens with two attached hydrogens (primary N) is 1. The maximum atomic E-state index is 5.16. The normalized spacial score (nSPS) is 11.5. The number of nitrogens with zero attached hydrogens (tertiary/aromatic N) is 1. The highest BCUT2D eigenvalue weighted by Crippen LogP contribution is 2.23. The minimum Gasteiger partial charge on any atom is -0.496 e. The van der Waals surface area contributed by atoms with Crippen molar-refractivity contribution in [3.05, 3.63) is 23.8 Å². The third-order valence-electron chi connectivity index (χ3n) is 1.79. The fraction of sp³-hybridized carbons (Fsp3) is 0.222. The largest absolute Gasteiger partial charge is 0.496 e. The topological polar surface area (TPSA) is 47.6 Å². The number of hydrogen-bond donors (Lipinski definition) is 2. The lowest BCUT2D eigenvalue weighted by Gasteiger charge is -2.05. The summed E-state index contributed by atoms with van der Waals surface area (Å²) in [6.07, 6.45) is 0. The number of methoxy groups -OCH3 is 1. The van der Waals surface area contributed by atoms with Crippen LogP contribution in [0.4, 0.5) is 0 Å². The first-order valence-electron chi connectivity index (χ1n) is 3.81. The van der Waals surface area contributed by atoms with Gasteiger partial charge < -0.3 is 10.6 Å². The van der Waals surface area contributed by atoms with Crippen LogP contribution >= 0.6 is 12.6 Å². The van der Waals surface area contributed by atoms with E-state index in [0.29, 0.717) is 0 Å². The van der Waals surface area contributed by atoms with Gasteiger partial charge in [0.1, 0.15) is 5.75 Å². The molecule has 0 atom stereocenters. The molecular weight excluding hydrogens is 184 g/mol. The Bertz CT molecular complexity index is 336. The van der Waals surface area contributed by atoms with E-state index in [-0.39, 0.29) is 0 Å². The van der Waals surface area contributed by atoms with Crippen LogP contribution in [0.5, 0.6) is 5.75 Å². The van der Waals surface area contributed by atoms with Crippen molar-refractivity contribution in [2.45, 2.75) is 11.8 Å². The van der Waals surface area contributed by atoms with Gasteiger partial charge in [0.05, 0.1) is 12.8 Å². The third kappa shape index (κ3) is 2.15. The number of benzene rings is 1. The average Bonchev–Trinajstić information content (AvgIpc) is 2.17. The zero-order valence-corrected chi connectivity index (χ0v) is 8.51. The van der Waals surface area contributed by atoms with E-state index >= 15 is 0 Å². The highest BCUT2D eigenvalue weighted by Gasteiger charge is 2.02. The SMILES string of the molecule is COc1cc(/C(C)=N/N)ccc1S. The van der Waals surface area contributed by atoms with Crippen LogP contribution in [0.15, 0.2) is 28.2 Å². The summed E-state index contributed by atoms with van der Waals surface area (Å²) in [5.41, 5.74) is 1.71. The van der Waals surface area contributed by atoms with Crippen molar-refractivity contribution in [3.8, 4) is 5.75 Å². The Morgan fingerprint density at radius 3 is 2.77 bits per heavy atom. The van der Waals surface area contributed by atoms with Crippen molar-refractivity contribution in [2.24, 2.45) is 10.9 Å². The molecule has 0 saturated carbocycles. The summed E-state index contributed by atoms with van der Waals surface area (Å²) in [6.45, 7) is 1.84. The quantitative estimate of drug-likeness (QED) is 0.327. The molecule has 0 spiro atoms. The van der Waals surface area contributed by atoms with Crippen LogP contribution in [0.25, 0.3) is 0 Å². The van der Waals surface area contributed by atoms with Gasteiger partial charge in [0, 0.05) is 10.5 Å². The van der Waals surface area contributed by atoms with Crippen molar-refractivity contribution >= 4 is 18.3 Å². The van der Waals surface area contributed by atoms with E-state index in [1.165, 1.54) is 0 Å². The predicted molar refractivity (Wildman–Crippen MR) is 56.6 cm³/mol. The van der Waals surface area contributed by atoms with E-state index < -0.39 is 0 Å². The number of rotatable bonds is 2.